The molecule has 0 aliphatic carbocycles. The van der Waals surface area contributed by atoms with E-state index in [-0.39, 0.29) is 6.79 Å². The molecule has 4 nitrogen and oxygen atoms in total. The Kier molecular flexibility index (Phi) is 8.89. The lowest BCUT2D eigenvalue weighted by Crippen LogP contribution is -2.12. The van der Waals surface area contributed by atoms with Crippen molar-refractivity contribution in [2.24, 2.45) is 5.92 Å². The van der Waals surface area contributed by atoms with Crippen molar-refractivity contribution in [1.29, 1.82) is 0 Å². The van der Waals surface area contributed by atoms with E-state index < -0.39 is 6.10 Å². The molecule has 2 unspecified atom stereocenters. The molecule has 0 heterocycles. The standard InChI is InChI=1S/C22H34O4/c1-14(2)9-10-18(15(3)4)11-19-16(5)22(17(6)23)21(25-8)12-20(19)26-13-24-7/h9,12,17-18,23H,3,10-11,13H2,1-2,4-8H3. The van der Waals surface area contributed by atoms with E-state index in [9.17, 15) is 5.11 Å². The van der Waals surface area contributed by atoms with Gasteiger partial charge >= 0.3 is 0 Å². The van der Waals surface area contributed by atoms with Gasteiger partial charge in [0.25, 0.3) is 0 Å². The van der Waals surface area contributed by atoms with Crippen LogP contribution in [-0.4, -0.2) is 26.1 Å². The molecule has 0 aliphatic heterocycles. The van der Waals surface area contributed by atoms with Crippen molar-refractivity contribution in [3.8, 4) is 11.5 Å². The van der Waals surface area contributed by atoms with E-state index in [4.69, 9.17) is 14.2 Å². The summed E-state index contributed by atoms with van der Waals surface area (Å²) in [5, 5.41) is 10.3. The summed E-state index contributed by atoms with van der Waals surface area (Å²) >= 11 is 0. The maximum atomic E-state index is 10.3. The number of methoxy groups -OCH3 is 2. The minimum Gasteiger partial charge on any atom is -0.496 e. The predicted octanol–water partition coefficient (Wildman–Crippen LogP) is 5.13. The molecule has 4 heteroatoms. The molecule has 1 aromatic rings. The third-order valence-corrected chi connectivity index (χ3v) is 4.61. The van der Waals surface area contributed by atoms with Crippen LogP contribution < -0.4 is 9.47 Å². The molecule has 0 spiro atoms. The number of aliphatic hydroxyl groups is 1. The molecule has 0 aromatic heterocycles. The van der Waals surface area contributed by atoms with E-state index in [0.717, 1.165) is 40.9 Å². The Hall–Kier alpha value is -1.78. The average Bonchev–Trinajstić information content (AvgIpc) is 2.56. The summed E-state index contributed by atoms with van der Waals surface area (Å²) in [6.07, 6.45) is 3.33. The molecular weight excluding hydrogens is 328 g/mol. The topological polar surface area (TPSA) is 47.9 Å². The van der Waals surface area contributed by atoms with Crippen LogP contribution in [0.4, 0.5) is 0 Å². The predicted molar refractivity (Wildman–Crippen MR) is 107 cm³/mol. The lowest BCUT2D eigenvalue weighted by Gasteiger charge is -2.24. The van der Waals surface area contributed by atoms with Crippen LogP contribution in [-0.2, 0) is 11.2 Å². The van der Waals surface area contributed by atoms with Crippen molar-refractivity contribution < 1.29 is 19.3 Å². The van der Waals surface area contributed by atoms with Gasteiger partial charge in [0, 0.05) is 18.7 Å². The molecular formula is C22H34O4. The minimum absolute atomic E-state index is 0.162. The molecule has 2 atom stereocenters. The molecule has 1 aromatic carbocycles. The summed E-state index contributed by atoms with van der Waals surface area (Å²) in [4.78, 5) is 0. The summed E-state index contributed by atoms with van der Waals surface area (Å²) in [5.74, 6) is 1.65. The molecule has 1 N–H and O–H groups in total. The number of aliphatic hydroxyl groups excluding tert-OH is 1. The fraction of sp³-hybridized carbons (Fsp3) is 0.545. The van der Waals surface area contributed by atoms with Gasteiger partial charge in [-0.1, -0.05) is 23.8 Å². The number of hydrogen-bond donors (Lipinski definition) is 1. The van der Waals surface area contributed by atoms with Gasteiger partial charge in [-0.15, -0.1) is 0 Å². The molecule has 0 bridgehead atoms. The third-order valence-electron chi connectivity index (χ3n) is 4.61. The van der Waals surface area contributed by atoms with Crippen molar-refractivity contribution in [3.05, 3.63) is 46.6 Å². The first-order valence-corrected chi connectivity index (χ1v) is 9.01. The van der Waals surface area contributed by atoms with Gasteiger partial charge in [0.05, 0.1) is 13.2 Å². The Balaban J connectivity index is 3.41. The summed E-state index contributed by atoms with van der Waals surface area (Å²) in [6.45, 7) is 14.4. The van der Waals surface area contributed by atoms with Crippen LogP contribution >= 0.6 is 0 Å². The third kappa shape index (κ3) is 5.89. The van der Waals surface area contributed by atoms with Gasteiger partial charge in [0.1, 0.15) is 11.5 Å². The van der Waals surface area contributed by atoms with Crippen LogP contribution in [0.25, 0.3) is 0 Å². The lowest BCUT2D eigenvalue weighted by molar-refractivity contribution is 0.0500. The summed E-state index contributed by atoms with van der Waals surface area (Å²) < 4.78 is 16.4. The van der Waals surface area contributed by atoms with Gasteiger partial charge < -0.3 is 19.3 Å². The molecule has 0 saturated heterocycles. The molecule has 0 fully saturated rings. The van der Waals surface area contributed by atoms with Gasteiger partial charge in [0.2, 0.25) is 0 Å². The summed E-state index contributed by atoms with van der Waals surface area (Å²) in [6, 6.07) is 1.85. The molecule has 0 saturated carbocycles. The van der Waals surface area contributed by atoms with Gasteiger partial charge in [-0.3, -0.25) is 0 Å². The number of rotatable bonds is 10. The second-order valence-corrected chi connectivity index (χ2v) is 7.09. The van der Waals surface area contributed by atoms with Crippen molar-refractivity contribution in [2.45, 2.75) is 53.6 Å². The first-order valence-electron chi connectivity index (χ1n) is 9.01. The highest BCUT2D eigenvalue weighted by Crippen LogP contribution is 2.39. The fourth-order valence-corrected chi connectivity index (χ4v) is 3.09. The largest absolute Gasteiger partial charge is 0.496 e. The maximum Gasteiger partial charge on any atom is 0.188 e. The first kappa shape index (κ1) is 22.3. The van der Waals surface area contributed by atoms with Gasteiger partial charge in [-0.2, -0.15) is 0 Å². The number of benzene rings is 1. The number of ether oxygens (including phenoxy) is 3. The van der Waals surface area contributed by atoms with Crippen LogP contribution in [0, 0.1) is 12.8 Å². The lowest BCUT2D eigenvalue weighted by atomic mass is 9.86. The quantitative estimate of drug-likeness (QED) is 0.463. The van der Waals surface area contributed by atoms with E-state index in [1.807, 2.05) is 13.0 Å². The van der Waals surface area contributed by atoms with Crippen molar-refractivity contribution in [2.75, 3.05) is 21.0 Å². The molecule has 0 aliphatic rings. The zero-order valence-corrected chi connectivity index (χ0v) is 17.3. The van der Waals surface area contributed by atoms with Gasteiger partial charge in [-0.05, 0) is 64.5 Å². The first-order chi connectivity index (χ1) is 12.2. The smallest absolute Gasteiger partial charge is 0.188 e. The van der Waals surface area contributed by atoms with Crippen molar-refractivity contribution in [3.63, 3.8) is 0 Å². The van der Waals surface area contributed by atoms with E-state index in [0.29, 0.717) is 11.7 Å². The zero-order chi connectivity index (χ0) is 19.9. The van der Waals surface area contributed by atoms with E-state index in [1.54, 1.807) is 21.1 Å². The highest BCUT2D eigenvalue weighted by atomic mass is 16.7. The van der Waals surface area contributed by atoms with Crippen molar-refractivity contribution in [1.82, 2.24) is 0 Å². The van der Waals surface area contributed by atoms with Gasteiger partial charge in [-0.25, -0.2) is 0 Å². The van der Waals surface area contributed by atoms with Crippen LogP contribution in [0.5, 0.6) is 11.5 Å². The highest BCUT2D eigenvalue weighted by Gasteiger charge is 2.22. The number of hydrogen-bond acceptors (Lipinski definition) is 4. The van der Waals surface area contributed by atoms with Crippen LogP contribution in [0.3, 0.4) is 0 Å². The summed E-state index contributed by atoms with van der Waals surface area (Å²) in [5.41, 5.74) is 5.29. The fourth-order valence-electron chi connectivity index (χ4n) is 3.09. The normalized spacial score (nSPS) is 13.1. The summed E-state index contributed by atoms with van der Waals surface area (Å²) in [7, 11) is 3.20. The SMILES string of the molecule is C=C(C)C(CC=C(C)C)Cc1c(OCOC)cc(OC)c(C(C)O)c1C. The average molecular weight is 363 g/mol. The second-order valence-electron chi connectivity index (χ2n) is 7.09. The van der Waals surface area contributed by atoms with E-state index in [2.05, 4.69) is 33.4 Å². The molecule has 26 heavy (non-hydrogen) atoms. The molecule has 146 valence electrons. The second kappa shape index (κ2) is 10.4. The monoisotopic (exact) mass is 362 g/mol. The molecule has 0 amide bonds. The molecule has 1 rings (SSSR count). The van der Waals surface area contributed by atoms with E-state index >= 15 is 0 Å². The van der Waals surface area contributed by atoms with Crippen LogP contribution in [0.15, 0.2) is 29.9 Å². The van der Waals surface area contributed by atoms with Crippen LogP contribution in [0.1, 0.15) is 56.9 Å². The zero-order valence-electron chi connectivity index (χ0n) is 17.3. The Bertz CT molecular complexity index is 640. The Labute approximate surface area is 158 Å². The maximum absolute atomic E-state index is 10.3. The minimum atomic E-state index is -0.624. The number of allylic oxidation sites excluding steroid dienone is 3. The van der Waals surface area contributed by atoms with Crippen molar-refractivity contribution >= 4 is 0 Å². The van der Waals surface area contributed by atoms with Crippen LogP contribution in [0.2, 0.25) is 0 Å². The highest BCUT2D eigenvalue weighted by molar-refractivity contribution is 5.54. The van der Waals surface area contributed by atoms with E-state index in [1.165, 1.54) is 5.57 Å². The molecule has 0 radical (unpaired) electrons. The Morgan fingerprint density at radius 1 is 1.23 bits per heavy atom. The Morgan fingerprint density at radius 2 is 1.88 bits per heavy atom. The van der Waals surface area contributed by atoms with Gasteiger partial charge in [0.15, 0.2) is 6.79 Å². The Morgan fingerprint density at radius 3 is 2.35 bits per heavy atom.